The van der Waals surface area contributed by atoms with Gasteiger partial charge in [0.05, 0.1) is 62.6 Å². The molecule has 2 aliphatic rings. The van der Waals surface area contributed by atoms with Gasteiger partial charge in [-0.15, -0.1) is 24.8 Å². The summed E-state index contributed by atoms with van der Waals surface area (Å²) in [5, 5.41) is 7.76. The van der Waals surface area contributed by atoms with Crippen LogP contribution in [0.4, 0.5) is 0 Å². The van der Waals surface area contributed by atoms with Crippen molar-refractivity contribution in [2.75, 3.05) is 106 Å². The van der Waals surface area contributed by atoms with Crippen LogP contribution in [0.3, 0.4) is 0 Å². The van der Waals surface area contributed by atoms with Gasteiger partial charge in [0.2, 0.25) is 31.9 Å². The fourth-order valence-electron chi connectivity index (χ4n) is 8.26. The van der Waals surface area contributed by atoms with E-state index in [1.165, 1.54) is 0 Å². The zero-order chi connectivity index (χ0) is 50.3. The van der Waals surface area contributed by atoms with E-state index in [2.05, 4.69) is 29.9 Å². The number of hydrogen-bond donors (Lipinski definition) is 4. The quantitative estimate of drug-likeness (QED) is 0.0467. The van der Waals surface area contributed by atoms with Gasteiger partial charge < -0.3 is 39.4 Å². The molecule has 0 aliphatic carbocycles. The Kier molecular flexibility index (Phi) is 25.7. The molecule has 0 saturated carbocycles. The van der Waals surface area contributed by atoms with Crippen LogP contribution in [0.15, 0.2) is 82.6 Å². The predicted octanol–water partition coefficient (Wildman–Crippen LogP) is 6.63. The first-order valence-electron chi connectivity index (χ1n) is 22.9. The van der Waals surface area contributed by atoms with Crippen LogP contribution in [0.25, 0.3) is 0 Å². The molecule has 0 radical (unpaired) electrons. The Morgan fingerprint density at radius 3 is 1.21 bits per heavy atom. The van der Waals surface area contributed by atoms with Crippen LogP contribution < -0.4 is 20.1 Å². The molecule has 4 N–H and O–H groups in total. The Bertz CT molecular complexity index is 2440. The van der Waals surface area contributed by atoms with Crippen LogP contribution in [0.5, 0.6) is 0 Å². The lowest BCUT2D eigenvalue weighted by Crippen LogP contribution is -2.31. The second-order valence-electron chi connectivity index (χ2n) is 17.0. The number of nitrogens with zero attached hydrogens (tertiary/aromatic N) is 2. The lowest BCUT2D eigenvalue weighted by Gasteiger charge is -2.33. The first-order chi connectivity index (χ1) is 33.5. The summed E-state index contributed by atoms with van der Waals surface area (Å²) in [5.41, 5.74) is 6.06. The van der Waals surface area contributed by atoms with Crippen molar-refractivity contribution in [3.05, 3.63) is 126 Å². The number of sulfonamides is 2. The van der Waals surface area contributed by atoms with Crippen LogP contribution >= 0.6 is 71.2 Å². The molecule has 0 saturated heterocycles. The average Bonchev–Trinajstić information content (AvgIpc) is 3.32. The fraction of sp³-hybridized carbons (Fsp3) is 0.458. The minimum atomic E-state index is -3.75. The molecule has 4 aromatic rings. The standard InChI is InChI=1S/C48H60Cl4N6O10S2.2ClH/c1-57-29-41(39-25-35(49)27-45(51)43(39)31-57)33-3-7-37(8-4-33)69(61,62)55-15-19-67-23-21-65-17-13-53-47(59)11-12-48(60)54-14-18-66-22-24-68-20-16-56-70(63,64)38-9-5-34(6-10-38)42-30-58(2)32-44-40(42)26-36(50)28-46(44)52;;/h3-10,25-28,41-42,55-56H,11-24,29-32H2,1-2H3,(H,53,59)(H,54,60);2*1H/t41-,42-;;/m0../s1. The number of amides is 2. The summed E-state index contributed by atoms with van der Waals surface area (Å²) in [6, 6.07) is 21.0. The highest BCUT2D eigenvalue weighted by atomic mass is 35.5. The molecule has 6 rings (SSSR count). The van der Waals surface area contributed by atoms with Crippen molar-refractivity contribution in [1.82, 2.24) is 29.9 Å². The van der Waals surface area contributed by atoms with Gasteiger partial charge in [-0.25, -0.2) is 26.3 Å². The Hall–Kier alpha value is -2.86. The fourth-order valence-corrected chi connectivity index (χ4v) is 11.4. The second kappa shape index (κ2) is 30.0. The number of likely N-dealkylation sites (N-methyl/N-ethyl adjacent to an activating group) is 2. The minimum absolute atomic E-state index is 0. The smallest absolute Gasteiger partial charge is 0.240 e. The molecule has 0 fully saturated rings. The van der Waals surface area contributed by atoms with Crippen molar-refractivity contribution in [2.24, 2.45) is 0 Å². The van der Waals surface area contributed by atoms with Crippen LogP contribution in [-0.2, 0) is 61.7 Å². The number of rotatable bonds is 27. The van der Waals surface area contributed by atoms with E-state index in [4.69, 9.17) is 65.4 Å². The van der Waals surface area contributed by atoms with Gasteiger partial charge in [-0.2, -0.15) is 0 Å². The van der Waals surface area contributed by atoms with E-state index >= 15 is 0 Å². The molecule has 398 valence electrons. The van der Waals surface area contributed by atoms with E-state index in [1.807, 2.05) is 50.5 Å². The number of ether oxygens (including phenoxy) is 4. The Morgan fingerprint density at radius 1 is 0.528 bits per heavy atom. The molecular formula is C48H62Cl6N6O10S2. The van der Waals surface area contributed by atoms with Gasteiger partial charge in [-0.1, -0.05) is 70.7 Å². The Morgan fingerprint density at radius 2 is 0.861 bits per heavy atom. The lowest BCUT2D eigenvalue weighted by molar-refractivity contribution is -0.126. The van der Waals surface area contributed by atoms with Gasteiger partial charge in [-0.3, -0.25) is 9.59 Å². The maximum absolute atomic E-state index is 12.9. The SMILES string of the molecule is CN1Cc2c(Cl)cc(Cl)cc2[C@H](c2ccc(S(=O)(=O)NCCOCCOCCNC(=O)CCC(=O)NCCOCCOCCNS(=O)(=O)c3ccc([C@@H]4CN(C)Cc5c(Cl)cc(Cl)cc54)cc3)cc2)C1.Cl.Cl. The van der Waals surface area contributed by atoms with Crippen molar-refractivity contribution >= 4 is 103 Å². The molecule has 72 heavy (non-hydrogen) atoms. The molecular weight excluding hydrogens is 1100 g/mol. The molecule has 0 bridgehead atoms. The predicted molar refractivity (Wildman–Crippen MR) is 286 cm³/mol. The van der Waals surface area contributed by atoms with E-state index < -0.39 is 20.0 Å². The Balaban J connectivity index is 0.00000562. The highest BCUT2D eigenvalue weighted by molar-refractivity contribution is 7.89. The van der Waals surface area contributed by atoms with Crippen molar-refractivity contribution in [3.8, 4) is 0 Å². The molecule has 0 spiro atoms. The van der Waals surface area contributed by atoms with E-state index in [9.17, 15) is 26.4 Å². The summed E-state index contributed by atoms with van der Waals surface area (Å²) in [5.74, 6) is -0.595. The first-order valence-corrected chi connectivity index (χ1v) is 27.3. The molecule has 2 atom stereocenters. The maximum Gasteiger partial charge on any atom is 0.240 e. The number of nitrogens with one attached hydrogen (secondary N) is 4. The highest BCUT2D eigenvalue weighted by Gasteiger charge is 2.29. The van der Waals surface area contributed by atoms with Crippen LogP contribution in [0.2, 0.25) is 20.1 Å². The van der Waals surface area contributed by atoms with Crippen molar-refractivity contribution < 1.29 is 45.4 Å². The average molecular weight is 1160 g/mol. The van der Waals surface area contributed by atoms with E-state index in [1.54, 1.807) is 36.4 Å². The summed E-state index contributed by atoms with van der Waals surface area (Å²) in [4.78, 5) is 29.0. The van der Waals surface area contributed by atoms with Crippen LogP contribution in [-0.4, -0.2) is 145 Å². The number of carbonyl (C=O) groups excluding carboxylic acids is 2. The molecule has 0 aromatic heterocycles. The number of halogens is 6. The first kappa shape index (κ1) is 61.7. The second-order valence-corrected chi connectivity index (χ2v) is 22.2. The van der Waals surface area contributed by atoms with Gasteiger partial charge >= 0.3 is 0 Å². The van der Waals surface area contributed by atoms with Crippen LogP contribution in [0, 0.1) is 0 Å². The third kappa shape index (κ3) is 18.5. The van der Waals surface area contributed by atoms with Crippen molar-refractivity contribution in [3.63, 3.8) is 0 Å². The summed E-state index contributed by atoms with van der Waals surface area (Å²) >= 11 is 25.6. The monoisotopic (exact) mass is 1160 g/mol. The minimum Gasteiger partial charge on any atom is -0.378 e. The summed E-state index contributed by atoms with van der Waals surface area (Å²) in [6.07, 6.45) is 0.0174. The third-order valence-corrected chi connectivity index (χ3v) is 15.8. The van der Waals surface area contributed by atoms with Crippen LogP contribution in [0.1, 0.15) is 58.1 Å². The summed E-state index contributed by atoms with van der Waals surface area (Å²) < 4.78 is 78.7. The van der Waals surface area contributed by atoms with Gasteiger partial charge in [0.1, 0.15) is 0 Å². The molecule has 2 amide bonds. The number of fused-ring (bicyclic) bond motifs is 2. The summed E-state index contributed by atoms with van der Waals surface area (Å²) in [6.45, 7) is 5.28. The Labute approximate surface area is 455 Å². The van der Waals surface area contributed by atoms with Gasteiger partial charge in [0, 0.05) is 97.1 Å². The zero-order valence-electron chi connectivity index (χ0n) is 39.9. The van der Waals surface area contributed by atoms with Crippen molar-refractivity contribution in [2.45, 2.75) is 47.6 Å². The van der Waals surface area contributed by atoms with Crippen molar-refractivity contribution in [1.29, 1.82) is 0 Å². The lowest BCUT2D eigenvalue weighted by atomic mass is 9.85. The molecule has 24 heteroatoms. The molecule has 2 aliphatic heterocycles. The topological polar surface area (TPSA) is 194 Å². The molecule has 0 unspecified atom stereocenters. The number of hydrogen-bond acceptors (Lipinski definition) is 12. The van der Waals surface area contributed by atoms with E-state index in [0.29, 0.717) is 33.2 Å². The normalized spacial score (nSPS) is 16.0. The third-order valence-electron chi connectivity index (χ3n) is 11.7. The molecule has 16 nitrogen and oxygen atoms in total. The number of carbonyl (C=O) groups is 2. The van der Waals surface area contributed by atoms with Gasteiger partial charge in [0.15, 0.2) is 0 Å². The van der Waals surface area contributed by atoms with E-state index in [-0.39, 0.29) is 150 Å². The largest absolute Gasteiger partial charge is 0.378 e. The molecule has 2 heterocycles. The van der Waals surface area contributed by atoms with E-state index in [0.717, 1.165) is 46.5 Å². The summed E-state index contributed by atoms with van der Waals surface area (Å²) in [7, 11) is -3.47. The zero-order valence-corrected chi connectivity index (χ0v) is 46.2. The maximum atomic E-state index is 12.9. The number of benzene rings is 4. The highest BCUT2D eigenvalue weighted by Crippen LogP contribution is 2.40. The van der Waals surface area contributed by atoms with Gasteiger partial charge in [0.25, 0.3) is 0 Å². The van der Waals surface area contributed by atoms with Gasteiger partial charge in [-0.05, 0) is 96.0 Å². The molecule has 4 aromatic carbocycles.